The van der Waals surface area contributed by atoms with Crippen molar-refractivity contribution in [3.05, 3.63) is 121 Å². The van der Waals surface area contributed by atoms with E-state index in [-0.39, 0.29) is 17.1 Å². The van der Waals surface area contributed by atoms with Crippen LogP contribution in [0.3, 0.4) is 0 Å². The van der Waals surface area contributed by atoms with Crippen LogP contribution in [-0.2, 0) is 36.2 Å². The van der Waals surface area contributed by atoms with Crippen molar-refractivity contribution in [1.82, 2.24) is 9.80 Å². The fraction of sp³-hybridized carbons (Fsp3) is 0.300. The Morgan fingerprint density at radius 3 is 0.808 bits per heavy atom. The molecule has 0 unspecified atom stereocenters. The summed E-state index contributed by atoms with van der Waals surface area (Å²) >= 11 is 0. The third kappa shape index (κ3) is 14.7. The Bertz CT molecular complexity index is 1400. The van der Waals surface area contributed by atoms with Gasteiger partial charge in [0.15, 0.2) is 0 Å². The number of carboxylic acids is 4. The van der Waals surface area contributed by atoms with Gasteiger partial charge in [0.25, 0.3) is 0 Å². The number of carbonyl (C=O) groups excluding carboxylic acids is 4. The van der Waals surface area contributed by atoms with Gasteiger partial charge in [-0.2, -0.15) is 0 Å². The van der Waals surface area contributed by atoms with Crippen LogP contribution in [0.1, 0.15) is 38.5 Å². The molecule has 4 aromatic rings. The number of hydrogen-bond acceptors (Lipinski definition) is 10. The Balaban J connectivity index is 0.000000353. The Hall–Kier alpha value is -4.37. The first-order valence-corrected chi connectivity index (χ1v) is 18.8. The molecule has 10 nitrogen and oxygen atoms in total. The van der Waals surface area contributed by atoms with Gasteiger partial charge < -0.3 is 39.6 Å². The largest absolute Gasteiger partial charge is 3.00 e. The number of carbonyl (C=O) groups is 4. The minimum absolute atomic E-state index is 0. The summed E-state index contributed by atoms with van der Waals surface area (Å²) in [6.45, 7) is -1.21. The topological polar surface area (TPSA) is 167 Å². The van der Waals surface area contributed by atoms with Gasteiger partial charge in [-0.3, -0.25) is 9.80 Å². The molecule has 0 spiro atoms. The molecule has 0 aliphatic heterocycles. The molecule has 0 aliphatic carbocycles. The Morgan fingerprint density at radius 1 is 0.385 bits per heavy atom. The van der Waals surface area contributed by atoms with Gasteiger partial charge in [-0.15, -0.1) is 0 Å². The average molecular weight is 768 g/mol. The summed E-state index contributed by atoms with van der Waals surface area (Å²) in [7, 11) is -1.91. The second kappa shape index (κ2) is 24.0. The summed E-state index contributed by atoms with van der Waals surface area (Å²) in [5.41, 5.74) is 0. The van der Waals surface area contributed by atoms with Crippen molar-refractivity contribution in [2.24, 2.45) is 0 Å². The molecule has 0 heterocycles. The van der Waals surface area contributed by atoms with Crippen LogP contribution in [0.2, 0.25) is 0 Å². The maximum atomic E-state index is 10.5. The predicted molar refractivity (Wildman–Crippen MR) is 192 cm³/mol. The van der Waals surface area contributed by atoms with E-state index in [9.17, 15) is 39.6 Å². The van der Waals surface area contributed by atoms with E-state index in [1.54, 1.807) is 0 Å². The third-order valence-corrected chi connectivity index (χ3v) is 12.5. The maximum absolute atomic E-state index is 10.5. The molecule has 0 N–H and O–H groups in total. The molecular formula is C40H44FeN2O8P. The van der Waals surface area contributed by atoms with E-state index in [1.165, 1.54) is 31.0 Å². The number of rotatable bonds is 21. The molecule has 0 saturated carbocycles. The SMILES string of the molecule is O=C([O-])CN(CCCCCCCCN(CC(=O)[O-])CC(=O)[O-])CC(=O)[O-].[Fe+3].c1ccc([P+](c2ccccc2)(c2ccccc2)c2ccccc2)cc1. The summed E-state index contributed by atoms with van der Waals surface area (Å²) in [6.07, 6.45) is 4.48. The van der Waals surface area contributed by atoms with E-state index >= 15 is 0 Å². The number of hydrogen-bond donors (Lipinski definition) is 0. The van der Waals surface area contributed by atoms with Crippen LogP contribution in [0.15, 0.2) is 121 Å². The van der Waals surface area contributed by atoms with Gasteiger partial charge in [0.05, 0.1) is 23.9 Å². The van der Waals surface area contributed by atoms with E-state index in [2.05, 4.69) is 121 Å². The van der Waals surface area contributed by atoms with Crippen LogP contribution in [0.5, 0.6) is 0 Å². The fourth-order valence-electron chi connectivity index (χ4n) is 6.04. The molecule has 52 heavy (non-hydrogen) atoms. The number of unbranched alkanes of at least 4 members (excludes halogenated alkanes) is 5. The van der Waals surface area contributed by atoms with E-state index < -0.39 is 57.3 Å². The first-order valence-electron chi connectivity index (χ1n) is 17.0. The van der Waals surface area contributed by atoms with Crippen molar-refractivity contribution in [2.75, 3.05) is 39.3 Å². The number of benzene rings is 4. The zero-order chi connectivity index (χ0) is 36.9. The van der Waals surface area contributed by atoms with Crippen LogP contribution in [0, 0.1) is 0 Å². The molecule has 0 saturated heterocycles. The second-order valence-corrected chi connectivity index (χ2v) is 15.5. The first kappa shape index (κ1) is 43.8. The molecule has 0 atom stereocenters. The quantitative estimate of drug-likeness (QED) is 0.0598. The van der Waals surface area contributed by atoms with Crippen molar-refractivity contribution >= 4 is 52.4 Å². The normalized spacial score (nSPS) is 10.9. The Kier molecular flexibility index (Phi) is 20.2. The Labute approximate surface area is 316 Å². The first-order chi connectivity index (χ1) is 24.6. The molecule has 4 aromatic carbocycles. The van der Waals surface area contributed by atoms with Crippen molar-refractivity contribution in [3.8, 4) is 0 Å². The monoisotopic (exact) mass is 767 g/mol. The summed E-state index contributed by atoms with van der Waals surface area (Å²) in [6, 6.07) is 43.8. The molecule has 0 aliphatic rings. The molecule has 0 fully saturated rings. The fourth-order valence-corrected chi connectivity index (χ4v) is 10.3. The average Bonchev–Trinajstić information content (AvgIpc) is 3.11. The minimum atomic E-state index is -1.91. The van der Waals surface area contributed by atoms with E-state index in [0.29, 0.717) is 25.9 Å². The molecule has 0 amide bonds. The molecule has 0 aromatic heterocycles. The minimum Gasteiger partial charge on any atom is -0.549 e. The van der Waals surface area contributed by atoms with E-state index in [4.69, 9.17) is 0 Å². The van der Waals surface area contributed by atoms with Gasteiger partial charge in [0.2, 0.25) is 0 Å². The zero-order valence-electron chi connectivity index (χ0n) is 29.0. The second-order valence-electron chi connectivity index (χ2n) is 12.0. The van der Waals surface area contributed by atoms with Crippen LogP contribution >= 0.6 is 7.26 Å². The van der Waals surface area contributed by atoms with Gasteiger partial charge in [0, 0.05) is 26.2 Å². The van der Waals surface area contributed by atoms with E-state index in [0.717, 1.165) is 25.7 Å². The maximum Gasteiger partial charge on any atom is 3.00 e. The van der Waals surface area contributed by atoms with Crippen molar-refractivity contribution < 1.29 is 56.7 Å². The van der Waals surface area contributed by atoms with Gasteiger partial charge in [-0.05, 0) is 74.5 Å². The van der Waals surface area contributed by atoms with Gasteiger partial charge in [0.1, 0.15) is 28.5 Å². The van der Waals surface area contributed by atoms with Crippen molar-refractivity contribution in [3.63, 3.8) is 0 Å². The third-order valence-electron chi connectivity index (χ3n) is 8.18. The van der Waals surface area contributed by atoms with Crippen molar-refractivity contribution in [2.45, 2.75) is 38.5 Å². The molecule has 275 valence electrons. The summed E-state index contributed by atoms with van der Waals surface area (Å²) in [5.74, 6) is -5.37. The summed E-state index contributed by atoms with van der Waals surface area (Å²) in [5, 5.41) is 47.7. The molecular weight excluding hydrogens is 723 g/mol. The van der Waals surface area contributed by atoms with Crippen LogP contribution in [-0.4, -0.2) is 72.9 Å². The van der Waals surface area contributed by atoms with Gasteiger partial charge >= 0.3 is 17.1 Å². The number of carboxylic acid groups (broad SMARTS) is 4. The number of nitrogens with zero attached hydrogens (tertiary/aromatic N) is 2. The molecule has 12 heteroatoms. The van der Waals surface area contributed by atoms with E-state index in [1.807, 2.05) is 0 Å². The van der Waals surface area contributed by atoms with Gasteiger partial charge in [-0.25, -0.2) is 0 Å². The Morgan fingerprint density at radius 2 is 0.596 bits per heavy atom. The molecule has 1 radical (unpaired) electrons. The van der Waals surface area contributed by atoms with Crippen LogP contribution in [0.4, 0.5) is 0 Å². The smallest absolute Gasteiger partial charge is 0.549 e. The summed E-state index contributed by atoms with van der Waals surface area (Å²) < 4.78 is 0. The zero-order valence-corrected chi connectivity index (χ0v) is 31.0. The standard InChI is InChI=1S/C24H20P.C16H28N2O8.Fe/c1-5-13-21(14-6-1)25(22-15-7-2-8-16-22,23-17-9-3-10-18-23)24-19-11-4-12-20-24;19-13(20)9-17(10-14(21)22)7-5-3-1-2-4-6-8-18(11-15(23)24)12-16(25)26;/h1-20H;1-12H2,(H,19,20)(H,21,22)(H,23,24)(H,25,26);/q+1;;+3/p-4. The number of aliphatic carboxylic acids is 4. The van der Waals surface area contributed by atoms with Gasteiger partial charge in [-0.1, -0.05) is 98.5 Å². The summed E-state index contributed by atoms with van der Waals surface area (Å²) in [4.78, 5) is 44.6. The van der Waals surface area contributed by atoms with Crippen LogP contribution in [0.25, 0.3) is 0 Å². The molecule has 0 bridgehead atoms. The van der Waals surface area contributed by atoms with Crippen molar-refractivity contribution in [1.29, 1.82) is 0 Å². The van der Waals surface area contributed by atoms with Crippen LogP contribution < -0.4 is 41.6 Å². The molecule has 4 rings (SSSR count). The predicted octanol–water partition coefficient (Wildman–Crippen LogP) is -0.766.